The summed E-state index contributed by atoms with van der Waals surface area (Å²) in [5, 5.41) is 3.78. The highest BCUT2D eigenvalue weighted by atomic mass is 16.5. The molecule has 3 aromatic heterocycles. The molecule has 0 spiro atoms. The largest absolute Gasteiger partial charge is 0.436 e. The number of fused-ring (bicyclic) bond motifs is 1. The van der Waals surface area contributed by atoms with Gasteiger partial charge in [-0.3, -0.25) is 14.6 Å². The zero-order valence-electron chi connectivity index (χ0n) is 12.9. The van der Waals surface area contributed by atoms with E-state index in [1.54, 1.807) is 49.1 Å². The number of pyridine rings is 2. The molecule has 4 rings (SSSR count). The number of hydrogen-bond donors (Lipinski definition) is 2. The van der Waals surface area contributed by atoms with Crippen LogP contribution in [0.25, 0.3) is 17.1 Å². The predicted molar refractivity (Wildman–Crippen MR) is 91.1 cm³/mol. The summed E-state index contributed by atoms with van der Waals surface area (Å²) in [6, 6.07) is 7.10. The SMILES string of the molecule is O=CC1=C(Nc2ccncc2)O/C(=C\c2c[nH]c3ncccc23)C1=O. The number of carbonyl (C=O) groups is 2. The van der Waals surface area contributed by atoms with Crippen LogP contribution >= 0.6 is 0 Å². The van der Waals surface area contributed by atoms with E-state index in [1.807, 2.05) is 6.07 Å². The van der Waals surface area contributed by atoms with Crippen LogP contribution in [0.15, 0.2) is 66.3 Å². The van der Waals surface area contributed by atoms with Gasteiger partial charge in [0.1, 0.15) is 11.2 Å². The Kier molecular flexibility index (Phi) is 3.59. The van der Waals surface area contributed by atoms with E-state index < -0.39 is 5.78 Å². The van der Waals surface area contributed by atoms with Crippen molar-refractivity contribution in [1.82, 2.24) is 15.0 Å². The second-order valence-electron chi connectivity index (χ2n) is 5.30. The molecule has 0 radical (unpaired) electrons. The van der Waals surface area contributed by atoms with Gasteiger partial charge in [-0.15, -0.1) is 0 Å². The number of ketones is 1. The zero-order chi connectivity index (χ0) is 17.2. The van der Waals surface area contributed by atoms with E-state index >= 15 is 0 Å². The van der Waals surface area contributed by atoms with Crippen molar-refractivity contribution in [3.63, 3.8) is 0 Å². The number of nitrogens with zero attached hydrogens (tertiary/aromatic N) is 2. The molecule has 0 saturated carbocycles. The second kappa shape index (κ2) is 6.04. The molecule has 7 heteroatoms. The minimum atomic E-state index is -0.468. The highest BCUT2D eigenvalue weighted by molar-refractivity contribution is 6.23. The fourth-order valence-electron chi connectivity index (χ4n) is 2.55. The summed E-state index contributed by atoms with van der Waals surface area (Å²) in [5.41, 5.74) is 2.07. The lowest BCUT2D eigenvalue weighted by Gasteiger charge is -2.07. The van der Waals surface area contributed by atoms with E-state index in [4.69, 9.17) is 4.74 Å². The summed E-state index contributed by atoms with van der Waals surface area (Å²) >= 11 is 0. The lowest BCUT2D eigenvalue weighted by Crippen LogP contribution is -2.03. The highest BCUT2D eigenvalue weighted by Crippen LogP contribution is 2.28. The lowest BCUT2D eigenvalue weighted by molar-refractivity contribution is -0.115. The Morgan fingerprint density at radius 2 is 2.00 bits per heavy atom. The first-order valence-electron chi connectivity index (χ1n) is 7.49. The van der Waals surface area contributed by atoms with E-state index in [-0.39, 0.29) is 17.2 Å². The van der Waals surface area contributed by atoms with Crippen molar-refractivity contribution in [1.29, 1.82) is 0 Å². The first kappa shape index (κ1) is 14.8. The number of allylic oxidation sites excluding steroid dienone is 1. The number of H-pyrrole nitrogens is 1. The van der Waals surface area contributed by atoms with E-state index in [1.165, 1.54) is 0 Å². The van der Waals surface area contributed by atoms with Gasteiger partial charge in [-0.2, -0.15) is 0 Å². The Morgan fingerprint density at radius 3 is 2.80 bits per heavy atom. The number of Topliss-reactive ketones (excluding diaryl/α,β-unsaturated/α-hetero) is 1. The minimum Gasteiger partial charge on any atom is -0.436 e. The van der Waals surface area contributed by atoms with E-state index in [2.05, 4.69) is 20.3 Å². The molecule has 1 aliphatic rings. The van der Waals surface area contributed by atoms with Crippen molar-refractivity contribution < 1.29 is 14.3 Å². The molecule has 0 bridgehead atoms. The normalized spacial score (nSPS) is 15.7. The number of rotatable bonds is 4. The van der Waals surface area contributed by atoms with Crippen molar-refractivity contribution in [2.45, 2.75) is 0 Å². The predicted octanol–water partition coefficient (Wildman–Crippen LogP) is 2.42. The first-order valence-corrected chi connectivity index (χ1v) is 7.49. The number of aldehydes is 1. The van der Waals surface area contributed by atoms with Crippen molar-refractivity contribution in [3.8, 4) is 0 Å². The number of carbonyl (C=O) groups excluding carboxylic acids is 2. The molecule has 25 heavy (non-hydrogen) atoms. The Labute approximate surface area is 142 Å². The van der Waals surface area contributed by atoms with Gasteiger partial charge in [-0.05, 0) is 30.3 Å². The molecule has 0 amide bonds. The van der Waals surface area contributed by atoms with Gasteiger partial charge >= 0.3 is 0 Å². The number of nitrogens with one attached hydrogen (secondary N) is 2. The zero-order valence-corrected chi connectivity index (χ0v) is 12.9. The topological polar surface area (TPSA) is 97.0 Å². The van der Waals surface area contributed by atoms with Crippen LogP contribution in [-0.4, -0.2) is 27.0 Å². The Morgan fingerprint density at radius 1 is 1.16 bits per heavy atom. The van der Waals surface area contributed by atoms with Gasteiger partial charge in [-0.1, -0.05) is 0 Å². The number of hydrogen-bond acceptors (Lipinski definition) is 6. The van der Waals surface area contributed by atoms with Gasteiger partial charge in [0.05, 0.1) is 0 Å². The van der Waals surface area contributed by atoms with Crippen molar-refractivity contribution in [2.24, 2.45) is 0 Å². The van der Waals surface area contributed by atoms with Crippen LogP contribution < -0.4 is 5.32 Å². The molecule has 122 valence electrons. The molecule has 0 aromatic carbocycles. The monoisotopic (exact) mass is 332 g/mol. The highest BCUT2D eigenvalue weighted by Gasteiger charge is 2.30. The molecule has 4 heterocycles. The summed E-state index contributed by atoms with van der Waals surface area (Å²) in [4.78, 5) is 34.9. The van der Waals surface area contributed by atoms with Crippen LogP contribution in [0.2, 0.25) is 0 Å². The Bertz CT molecular complexity index is 1030. The fraction of sp³-hybridized carbons (Fsp3) is 0. The molecule has 0 aliphatic carbocycles. The lowest BCUT2D eigenvalue weighted by atomic mass is 10.1. The van der Waals surface area contributed by atoms with E-state index in [9.17, 15) is 9.59 Å². The maximum absolute atomic E-state index is 12.4. The molecule has 0 fully saturated rings. The maximum atomic E-state index is 12.4. The molecular formula is C18H12N4O3. The minimum absolute atomic E-state index is 0.0546. The quantitative estimate of drug-likeness (QED) is 0.433. The van der Waals surface area contributed by atoms with Crippen LogP contribution in [0.3, 0.4) is 0 Å². The molecule has 2 N–H and O–H groups in total. The van der Waals surface area contributed by atoms with Crippen LogP contribution in [0.1, 0.15) is 5.56 Å². The summed E-state index contributed by atoms with van der Waals surface area (Å²) in [7, 11) is 0. The van der Waals surface area contributed by atoms with Crippen molar-refractivity contribution in [2.75, 3.05) is 5.32 Å². The second-order valence-corrected chi connectivity index (χ2v) is 5.30. The van der Waals surface area contributed by atoms with E-state index in [0.29, 0.717) is 17.6 Å². The summed E-state index contributed by atoms with van der Waals surface area (Å²) in [6.45, 7) is 0. The molecule has 0 unspecified atom stereocenters. The van der Waals surface area contributed by atoms with Gasteiger partial charge in [-0.25, -0.2) is 4.98 Å². The van der Waals surface area contributed by atoms with Gasteiger partial charge in [0.2, 0.25) is 11.7 Å². The number of anilines is 1. The third-order valence-corrected chi connectivity index (χ3v) is 3.75. The number of aromatic nitrogens is 3. The van der Waals surface area contributed by atoms with Crippen LogP contribution in [0.5, 0.6) is 0 Å². The molecule has 1 aliphatic heterocycles. The maximum Gasteiger partial charge on any atom is 0.236 e. The van der Waals surface area contributed by atoms with Crippen molar-refractivity contribution >= 4 is 34.9 Å². The standard InChI is InChI=1S/C18H12N4O3/c23-10-14-16(24)15(25-18(14)22-12-3-6-19-7-4-12)8-11-9-21-17-13(11)2-1-5-20-17/h1-10H,(H,19,22)(H,20,21)/b15-8-. The van der Waals surface area contributed by atoms with Gasteiger partial charge < -0.3 is 15.0 Å². The number of aromatic amines is 1. The van der Waals surface area contributed by atoms with Gasteiger partial charge in [0, 0.05) is 41.4 Å². The van der Waals surface area contributed by atoms with Gasteiger partial charge in [0.15, 0.2) is 12.0 Å². The molecule has 0 saturated heterocycles. The van der Waals surface area contributed by atoms with Crippen LogP contribution in [0.4, 0.5) is 5.69 Å². The molecule has 3 aromatic rings. The fourth-order valence-corrected chi connectivity index (χ4v) is 2.55. The van der Waals surface area contributed by atoms with Crippen LogP contribution in [0, 0.1) is 0 Å². The summed E-state index contributed by atoms with van der Waals surface area (Å²) < 4.78 is 5.60. The van der Waals surface area contributed by atoms with E-state index in [0.717, 1.165) is 10.9 Å². The summed E-state index contributed by atoms with van der Waals surface area (Å²) in [5.74, 6) is -0.288. The third-order valence-electron chi connectivity index (χ3n) is 3.75. The molecule has 7 nitrogen and oxygen atoms in total. The molecule has 0 atom stereocenters. The average molecular weight is 332 g/mol. The van der Waals surface area contributed by atoms with Crippen LogP contribution in [-0.2, 0) is 14.3 Å². The average Bonchev–Trinajstić information content (AvgIpc) is 3.18. The third kappa shape index (κ3) is 2.67. The smallest absolute Gasteiger partial charge is 0.236 e. The van der Waals surface area contributed by atoms with Gasteiger partial charge in [0.25, 0.3) is 0 Å². The molecular weight excluding hydrogens is 320 g/mol. The van der Waals surface area contributed by atoms with Crippen molar-refractivity contribution in [3.05, 3.63) is 71.8 Å². The Hall–Kier alpha value is -3.74. The number of ether oxygens (including phenoxy) is 1. The Balaban J connectivity index is 1.67. The summed E-state index contributed by atoms with van der Waals surface area (Å²) in [6.07, 6.45) is 8.68. The first-order chi connectivity index (χ1) is 12.3.